The summed E-state index contributed by atoms with van der Waals surface area (Å²) in [6, 6.07) is 23.8. The number of nitrogens with zero attached hydrogens (tertiary/aromatic N) is 1. The molecule has 7 rings (SSSR count). The Hall–Kier alpha value is -3.59. The smallest absolute Gasteiger partial charge is 0.251 e. The minimum atomic E-state index is -3.70. The molecule has 3 aromatic rings. The standard InChI is InChI=1S/C38H42N2O5S/c1-35(2)31-17-19-37(35,26-46(44,45)40-22-20-36(21-23-40)18-16-27-8-6-7-11-32(27)36)38(43,24-31)25-39-34(42)30-14-12-29(13-15-30)33(41)28-9-4-3-5-10-28/h3-16,18,31,43H,17,19-26H2,1-2H3,(H,39,42)/t31?,37-,38?/m0/s1. The third kappa shape index (κ3) is 4.79. The molecule has 1 amide bonds. The summed E-state index contributed by atoms with van der Waals surface area (Å²) in [5, 5.41) is 15.2. The SMILES string of the molecule is CC1(C)C2CC[C@@]1(CS(=O)(=O)N1CCC3(C=Cc4ccccc43)CC1)C(O)(CNC(=O)c1ccc(C(=O)c3ccccc3)cc1)C2. The minimum Gasteiger partial charge on any atom is -0.387 e. The maximum atomic E-state index is 14.2. The number of sulfonamides is 1. The fourth-order valence-electron chi connectivity index (χ4n) is 9.22. The van der Waals surface area contributed by atoms with E-state index in [0.29, 0.717) is 42.6 Å². The summed E-state index contributed by atoms with van der Waals surface area (Å²) in [6.07, 6.45) is 7.78. The van der Waals surface area contributed by atoms with Crippen molar-refractivity contribution in [1.29, 1.82) is 0 Å². The van der Waals surface area contributed by atoms with E-state index in [1.807, 2.05) is 24.3 Å². The van der Waals surface area contributed by atoms with Gasteiger partial charge in [0.1, 0.15) is 0 Å². The predicted molar refractivity (Wildman–Crippen MR) is 179 cm³/mol. The first-order valence-electron chi connectivity index (χ1n) is 16.4. The Morgan fingerprint density at radius 1 is 0.870 bits per heavy atom. The van der Waals surface area contributed by atoms with Gasteiger partial charge < -0.3 is 10.4 Å². The first-order valence-corrected chi connectivity index (χ1v) is 18.0. The number of hydrogen-bond donors (Lipinski definition) is 2. The molecule has 1 heterocycles. The molecule has 3 atom stereocenters. The lowest BCUT2D eigenvalue weighted by Crippen LogP contribution is -2.60. The van der Waals surface area contributed by atoms with E-state index >= 15 is 0 Å². The van der Waals surface area contributed by atoms with Gasteiger partial charge in [0.25, 0.3) is 5.91 Å². The normalized spacial score (nSPS) is 27.5. The molecule has 2 unspecified atom stereocenters. The maximum absolute atomic E-state index is 14.2. The molecule has 1 saturated heterocycles. The van der Waals surface area contributed by atoms with Gasteiger partial charge in [-0.3, -0.25) is 9.59 Å². The molecule has 2 bridgehead atoms. The number of carbonyl (C=O) groups is 2. The lowest BCUT2D eigenvalue weighted by molar-refractivity contribution is -0.0838. The molecule has 3 aliphatic carbocycles. The molecule has 0 aromatic heterocycles. The molecular weight excluding hydrogens is 596 g/mol. The first kappa shape index (κ1) is 31.0. The van der Waals surface area contributed by atoms with Gasteiger partial charge in [-0.2, -0.15) is 0 Å². The number of fused-ring (bicyclic) bond motifs is 4. The highest BCUT2D eigenvalue weighted by Gasteiger charge is 2.72. The van der Waals surface area contributed by atoms with Crippen LogP contribution in [0, 0.1) is 16.7 Å². The van der Waals surface area contributed by atoms with Crippen molar-refractivity contribution < 1.29 is 23.1 Å². The first-order chi connectivity index (χ1) is 21.9. The number of aliphatic hydroxyl groups is 1. The van der Waals surface area contributed by atoms with E-state index in [4.69, 9.17) is 0 Å². The topological polar surface area (TPSA) is 104 Å². The summed E-state index contributed by atoms with van der Waals surface area (Å²) in [5.74, 6) is -0.455. The molecule has 8 heteroatoms. The van der Waals surface area contributed by atoms with Crippen LogP contribution in [0.25, 0.3) is 6.08 Å². The van der Waals surface area contributed by atoms with Crippen LogP contribution in [-0.2, 0) is 15.4 Å². The molecule has 4 aliphatic rings. The van der Waals surface area contributed by atoms with Gasteiger partial charge in [0.05, 0.1) is 11.4 Å². The van der Waals surface area contributed by atoms with Crippen molar-refractivity contribution in [2.45, 2.75) is 57.0 Å². The Bertz CT molecular complexity index is 1810. The summed E-state index contributed by atoms with van der Waals surface area (Å²) >= 11 is 0. The summed E-state index contributed by atoms with van der Waals surface area (Å²) in [7, 11) is -3.70. The van der Waals surface area contributed by atoms with Crippen molar-refractivity contribution in [3.8, 4) is 0 Å². The Kier molecular flexibility index (Phi) is 7.42. The Labute approximate surface area is 271 Å². The molecule has 1 spiro atoms. The number of hydrogen-bond acceptors (Lipinski definition) is 5. The molecule has 2 saturated carbocycles. The second kappa shape index (κ2) is 11.0. The van der Waals surface area contributed by atoms with Crippen LogP contribution in [0.4, 0.5) is 0 Å². The van der Waals surface area contributed by atoms with Gasteiger partial charge in [-0.1, -0.05) is 92.7 Å². The fraction of sp³-hybridized carbons (Fsp3) is 0.421. The van der Waals surface area contributed by atoms with Crippen molar-refractivity contribution in [3.63, 3.8) is 0 Å². The van der Waals surface area contributed by atoms with Crippen LogP contribution < -0.4 is 5.32 Å². The summed E-state index contributed by atoms with van der Waals surface area (Å²) in [4.78, 5) is 26.1. The Balaban J connectivity index is 1.05. The zero-order valence-corrected chi connectivity index (χ0v) is 27.4. The van der Waals surface area contributed by atoms with E-state index in [1.54, 1.807) is 40.7 Å². The second-order valence-electron chi connectivity index (χ2n) is 14.5. The number of allylic oxidation sites excluding steroid dienone is 1. The van der Waals surface area contributed by atoms with E-state index in [-0.39, 0.29) is 35.3 Å². The van der Waals surface area contributed by atoms with Crippen LogP contribution in [-0.4, -0.2) is 60.5 Å². The third-order valence-corrected chi connectivity index (χ3v) is 14.2. The molecular formula is C38H42N2O5S. The highest BCUT2D eigenvalue weighted by molar-refractivity contribution is 7.89. The molecule has 240 valence electrons. The van der Waals surface area contributed by atoms with Gasteiger partial charge in [-0.15, -0.1) is 0 Å². The van der Waals surface area contributed by atoms with Crippen LogP contribution >= 0.6 is 0 Å². The zero-order valence-electron chi connectivity index (χ0n) is 26.5. The van der Waals surface area contributed by atoms with Crippen LogP contribution in [0.5, 0.6) is 0 Å². The van der Waals surface area contributed by atoms with Crippen molar-refractivity contribution in [3.05, 3.63) is 113 Å². The Morgan fingerprint density at radius 2 is 1.50 bits per heavy atom. The summed E-state index contributed by atoms with van der Waals surface area (Å²) in [6.45, 7) is 5.04. The molecule has 3 fully saturated rings. The maximum Gasteiger partial charge on any atom is 0.251 e. The molecule has 7 nitrogen and oxygen atoms in total. The van der Waals surface area contributed by atoms with Gasteiger partial charge >= 0.3 is 0 Å². The predicted octanol–water partition coefficient (Wildman–Crippen LogP) is 5.60. The van der Waals surface area contributed by atoms with Gasteiger partial charge in [0.15, 0.2) is 5.78 Å². The molecule has 2 N–H and O–H groups in total. The summed E-state index contributed by atoms with van der Waals surface area (Å²) in [5.41, 5.74) is 1.14. The number of benzene rings is 3. The van der Waals surface area contributed by atoms with Crippen molar-refractivity contribution >= 4 is 27.8 Å². The van der Waals surface area contributed by atoms with E-state index in [2.05, 4.69) is 49.5 Å². The molecule has 1 aliphatic heterocycles. The molecule has 3 aromatic carbocycles. The van der Waals surface area contributed by atoms with Crippen molar-refractivity contribution in [2.75, 3.05) is 25.4 Å². The summed E-state index contributed by atoms with van der Waals surface area (Å²) < 4.78 is 30.0. The van der Waals surface area contributed by atoms with Gasteiger partial charge in [-0.25, -0.2) is 12.7 Å². The number of amides is 1. The van der Waals surface area contributed by atoms with E-state index in [9.17, 15) is 23.1 Å². The lowest BCUT2D eigenvalue weighted by atomic mass is 9.64. The van der Waals surface area contributed by atoms with E-state index < -0.39 is 26.5 Å². The Morgan fingerprint density at radius 3 is 2.20 bits per heavy atom. The minimum absolute atomic E-state index is 0.0311. The highest BCUT2D eigenvalue weighted by atomic mass is 32.2. The monoisotopic (exact) mass is 638 g/mol. The van der Waals surface area contributed by atoms with Crippen LogP contribution in [0.15, 0.2) is 84.9 Å². The number of nitrogens with one attached hydrogen (secondary N) is 1. The zero-order chi connectivity index (χ0) is 32.4. The van der Waals surface area contributed by atoms with E-state index in [0.717, 1.165) is 19.3 Å². The van der Waals surface area contributed by atoms with Gasteiger partial charge in [0, 0.05) is 47.2 Å². The van der Waals surface area contributed by atoms with Crippen LogP contribution in [0.2, 0.25) is 0 Å². The largest absolute Gasteiger partial charge is 0.387 e. The average Bonchev–Trinajstić information content (AvgIpc) is 3.59. The van der Waals surface area contributed by atoms with Crippen LogP contribution in [0.1, 0.15) is 83.4 Å². The number of rotatable bonds is 8. The quantitative estimate of drug-likeness (QED) is 0.313. The van der Waals surface area contributed by atoms with Crippen molar-refractivity contribution in [2.24, 2.45) is 16.7 Å². The average molecular weight is 639 g/mol. The molecule has 0 radical (unpaired) electrons. The fourth-order valence-corrected chi connectivity index (χ4v) is 11.5. The van der Waals surface area contributed by atoms with Crippen molar-refractivity contribution in [1.82, 2.24) is 9.62 Å². The lowest BCUT2D eigenvalue weighted by Gasteiger charge is -2.49. The molecule has 46 heavy (non-hydrogen) atoms. The van der Waals surface area contributed by atoms with Crippen LogP contribution in [0.3, 0.4) is 0 Å². The second-order valence-corrected chi connectivity index (χ2v) is 16.4. The number of carbonyl (C=O) groups excluding carboxylic acids is 2. The number of ketones is 1. The number of piperidine rings is 1. The highest BCUT2D eigenvalue weighted by Crippen LogP contribution is 2.70. The van der Waals surface area contributed by atoms with E-state index in [1.165, 1.54) is 11.1 Å². The third-order valence-electron chi connectivity index (χ3n) is 12.2. The van der Waals surface area contributed by atoms with Gasteiger partial charge in [0.2, 0.25) is 10.0 Å². The van der Waals surface area contributed by atoms with Gasteiger partial charge in [-0.05, 0) is 66.7 Å².